The van der Waals surface area contributed by atoms with E-state index in [0.29, 0.717) is 15.7 Å². The minimum atomic E-state index is -1.27. The zero-order chi connectivity index (χ0) is 14.9. The van der Waals surface area contributed by atoms with Crippen LogP contribution in [-0.2, 0) is 19.1 Å². The normalized spacial score (nSPS) is 17.3. The van der Waals surface area contributed by atoms with E-state index in [1.165, 1.54) is 13.8 Å². The van der Waals surface area contributed by atoms with Gasteiger partial charge in [-0.15, -0.1) is 0 Å². The lowest BCUT2D eigenvalue weighted by Gasteiger charge is -2.29. The van der Waals surface area contributed by atoms with Crippen LogP contribution in [0.5, 0.6) is 0 Å². The highest BCUT2D eigenvalue weighted by molar-refractivity contribution is 6.39. The van der Waals surface area contributed by atoms with Crippen molar-refractivity contribution in [3.05, 3.63) is 40.0 Å². The number of carbonyl (C=O) groups is 2. The molecule has 106 valence electrons. The van der Waals surface area contributed by atoms with Crippen molar-refractivity contribution in [1.29, 1.82) is 0 Å². The largest absolute Gasteiger partial charge is 0.419 e. The monoisotopic (exact) mass is 315 g/mol. The highest BCUT2D eigenvalue weighted by atomic mass is 35.5. The highest BCUT2D eigenvalue weighted by Gasteiger charge is 2.38. The molecule has 0 bridgehead atoms. The maximum atomic E-state index is 11.7. The van der Waals surface area contributed by atoms with Gasteiger partial charge in [0, 0.05) is 20.0 Å². The molecule has 1 fully saturated rings. The number of cyclic esters (lactones) is 2. The number of ether oxygens (including phenoxy) is 2. The molecule has 0 amide bonds. The Bertz CT molecular complexity index is 568. The molecule has 0 unspecified atom stereocenters. The average Bonchev–Trinajstić information content (AvgIpc) is 2.29. The van der Waals surface area contributed by atoms with E-state index in [0.717, 1.165) is 6.20 Å². The number of hydrogen-bond acceptors (Lipinski definition) is 5. The highest BCUT2D eigenvalue weighted by Crippen LogP contribution is 2.30. The quantitative estimate of drug-likeness (QED) is 0.516. The molecule has 2 rings (SSSR count). The van der Waals surface area contributed by atoms with Gasteiger partial charge in [0.15, 0.2) is 5.57 Å². The third kappa shape index (κ3) is 3.05. The molecular weight excluding hydrogens is 305 g/mol. The number of halogens is 2. The van der Waals surface area contributed by atoms with Gasteiger partial charge in [-0.05, 0) is 12.1 Å². The summed E-state index contributed by atoms with van der Waals surface area (Å²) in [6.07, 6.45) is 1.16. The van der Waals surface area contributed by atoms with Crippen molar-refractivity contribution in [3.8, 4) is 0 Å². The van der Waals surface area contributed by atoms with E-state index in [2.05, 4.69) is 5.32 Å². The van der Waals surface area contributed by atoms with Crippen molar-refractivity contribution in [1.82, 2.24) is 0 Å². The van der Waals surface area contributed by atoms with Crippen LogP contribution < -0.4 is 5.32 Å². The third-order valence-corrected chi connectivity index (χ3v) is 3.07. The lowest BCUT2D eigenvalue weighted by Crippen LogP contribution is -2.42. The molecule has 1 aromatic carbocycles. The van der Waals surface area contributed by atoms with Crippen LogP contribution in [0.4, 0.5) is 5.69 Å². The van der Waals surface area contributed by atoms with Gasteiger partial charge in [-0.3, -0.25) is 0 Å². The van der Waals surface area contributed by atoms with E-state index < -0.39 is 17.7 Å². The summed E-state index contributed by atoms with van der Waals surface area (Å²) in [7, 11) is 0. The second-order valence-electron chi connectivity index (χ2n) is 4.48. The fourth-order valence-corrected chi connectivity index (χ4v) is 2.07. The first kappa shape index (κ1) is 14.7. The van der Waals surface area contributed by atoms with Gasteiger partial charge in [0.2, 0.25) is 0 Å². The number of benzene rings is 1. The molecule has 1 aliphatic heterocycles. The minimum absolute atomic E-state index is 0.264. The molecule has 5 nitrogen and oxygen atoms in total. The molecule has 1 aromatic rings. The molecule has 7 heteroatoms. The van der Waals surface area contributed by atoms with E-state index in [1.54, 1.807) is 18.2 Å². The van der Waals surface area contributed by atoms with Crippen LogP contribution in [0.15, 0.2) is 30.0 Å². The second-order valence-corrected chi connectivity index (χ2v) is 5.29. The van der Waals surface area contributed by atoms with E-state index in [4.69, 9.17) is 32.7 Å². The Morgan fingerprint density at radius 2 is 1.60 bits per heavy atom. The van der Waals surface area contributed by atoms with Crippen LogP contribution >= 0.6 is 23.2 Å². The number of nitrogens with one attached hydrogen (secondary N) is 1. The predicted molar refractivity (Wildman–Crippen MR) is 74.4 cm³/mol. The molecule has 0 radical (unpaired) electrons. The Kier molecular flexibility index (Phi) is 3.92. The molecule has 1 aliphatic rings. The topological polar surface area (TPSA) is 64.6 Å². The number of carbonyl (C=O) groups excluding carboxylic acids is 2. The van der Waals surface area contributed by atoms with Gasteiger partial charge in [0.05, 0.1) is 15.7 Å². The first-order valence-electron chi connectivity index (χ1n) is 5.67. The van der Waals surface area contributed by atoms with Crippen LogP contribution in [-0.4, -0.2) is 17.7 Å². The fraction of sp³-hybridized carbons (Fsp3) is 0.231. The van der Waals surface area contributed by atoms with Crippen LogP contribution in [0.3, 0.4) is 0 Å². The van der Waals surface area contributed by atoms with E-state index in [-0.39, 0.29) is 5.57 Å². The number of rotatable bonds is 2. The minimum Gasteiger partial charge on any atom is -0.419 e. The molecule has 0 aliphatic carbocycles. The number of anilines is 1. The second kappa shape index (κ2) is 5.34. The first-order chi connectivity index (χ1) is 9.30. The number of hydrogen-bond donors (Lipinski definition) is 1. The van der Waals surface area contributed by atoms with Crippen molar-refractivity contribution < 1.29 is 19.1 Å². The van der Waals surface area contributed by atoms with Crippen LogP contribution in [0, 0.1) is 0 Å². The molecule has 1 saturated heterocycles. The maximum Gasteiger partial charge on any atom is 0.350 e. The summed E-state index contributed by atoms with van der Waals surface area (Å²) in [6.45, 7) is 2.94. The molecule has 0 aromatic heterocycles. The van der Waals surface area contributed by atoms with Gasteiger partial charge in [0.25, 0.3) is 5.79 Å². The standard InChI is InChI=1S/C13H11Cl2NO4/c1-13(2)19-11(17)7(12(18)20-13)6-16-10-8(14)4-3-5-9(10)15/h3-6,16H,1-2H3. The van der Waals surface area contributed by atoms with Gasteiger partial charge in [0.1, 0.15) is 0 Å². The van der Waals surface area contributed by atoms with Gasteiger partial charge >= 0.3 is 11.9 Å². The molecule has 1 N–H and O–H groups in total. The summed E-state index contributed by atoms with van der Waals surface area (Å²) in [5.41, 5.74) is 0.120. The van der Waals surface area contributed by atoms with Gasteiger partial charge < -0.3 is 14.8 Å². The van der Waals surface area contributed by atoms with Crippen LogP contribution in [0.25, 0.3) is 0 Å². The van der Waals surface area contributed by atoms with E-state index in [9.17, 15) is 9.59 Å². The molecule has 20 heavy (non-hydrogen) atoms. The van der Waals surface area contributed by atoms with Gasteiger partial charge in [-0.2, -0.15) is 0 Å². The molecular formula is C13H11Cl2NO4. The summed E-state index contributed by atoms with van der Waals surface area (Å²) in [5, 5.41) is 3.42. The molecule has 0 atom stereocenters. The SMILES string of the molecule is CC1(C)OC(=O)C(=CNc2c(Cl)cccc2Cl)C(=O)O1. The Balaban J connectivity index is 2.24. The Morgan fingerprint density at radius 1 is 1.10 bits per heavy atom. The summed E-state index contributed by atoms with van der Waals surface area (Å²) in [5.74, 6) is -2.82. The lowest BCUT2D eigenvalue weighted by molar-refractivity contribution is -0.222. The van der Waals surface area contributed by atoms with E-state index >= 15 is 0 Å². The smallest absolute Gasteiger partial charge is 0.350 e. The zero-order valence-corrected chi connectivity index (χ0v) is 12.2. The van der Waals surface area contributed by atoms with Crippen molar-refractivity contribution in [2.75, 3.05) is 5.32 Å². The molecule has 1 heterocycles. The van der Waals surface area contributed by atoms with Crippen molar-refractivity contribution in [3.63, 3.8) is 0 Å². The van der Waals surface area contributed by atoms with Crippen LogP contribution in [0.1, 0.15) is 13.8 Å². The fourth-order valence-electron chi connectivity index (χ4n) is 1.56. The van der Waals surface area contributed by atoms with Crippen molar-refractivity contribution in [2.24, 2.45) is 0 Å². The third-order valence-electron chi connectivity index (χ3n) is 2.44. The Hall–Kier alpha value is -1.72. The predicted octanol–water partition coefficient (Wildman–Crippen LogP) is 3.13. The lowest BCUT2D eigenvalue weighted by atomic mass is 10.2. The number of esters is 2. The van der Waals surface area contributed by atoms with Gasteiger partial charge in [-0.25, -0.2) is 9.59 Å². The average molecular weight is 316 g/mol. The first-order valence-corrected chi connectivity index (χ1v) is 6.43. The molecule has 0 spiro atoms. The maximum absolute atomic E-state index is 11.7. The van der Waals surface area contributed by atoms with Gasteiger partial charge in [-0.1, -0.05) is 29.3 Å². The summed E-state index contributed by atoms with van der Waals surface area (Å²) in [4.78, 5) is 23.4. The summed E-state index contributed by atoms with van der Waals surface area (Å²) < 4.78 is 9.90. The van der Waals surface area contributed by atoms with Crippen LogP contribution in [0.2, 0.25) is 10.0 Å². The zero-order valence-electron chi connectivity index (χ0n) is 10.7. The Labute approximate surface area is 125 Å². The summed E-state index contributed by atoms with van der Waals surface area (Å²) in [6, 6.07) is 4.92. The van der Waals surface area contributed by atoms with Crippen molar-refractivity contribution in [2.45, 2.75) is 19.6 Å². The molecule has 0 saturated carbocycles. The van der Waals surface area contributed by atoms with Crippen molar-refractivity contribution >= 4 is 40.8 Å². The summed E-state index contributed by atoms with van der Waals surface area (Å²) >= 11 is 11.9. The number of para-hydroxylation sites is 1. The van der Waals surface area contributed by atoms with E-state index in [1.807, 2.05) is 0 Å². The Morgan fingerprint density at radius 3 is 2.10 bits per heavy atom.